The predicted molar refractivity (Wildman–Crippen MR) is 61.1 cm³/mol. The Morgan fingerprint density at radius 3 is 2.69 bits per heavy atom. The van der Waals surface area contributed by atoms with Crippen molar-refractivity contribution >= 4 is 11.9 Å². The van der Waals surface area contributed by atoms with Gasteiger partial charge in [0.15, 0.2) is 0 Å². The lowest BCUT2D eigenvalue weighted by molar-refractivity contribution is -0.140. The summed E-state index contributed by atoms with van der Waals surface area (Å²) in [6.07, 6.45) is 5.99. The van der Waals surface area contributed by atoms with Gasteiger partial charge in [0, 0.05) is 18.9 Å². The molecule has 5 nitrogen and oxygen atoms in total. The molecule has 0 aliphatic rings. The third kappa shape index (κ3) is 4.25. The number of carbonyl (C=O) groups excluding carboxylic acids is 1. The Morgan fingerprint density at radius 2 is 2.12 bits per heavy atom. The Kier molecular flexibility index (Phi) is 5.25. The van der Waals surface area contributed by atoms with Gasteiger partial charge in [0.25, 0.3) is 0 Å². The van der Waals surface area contributed by atoms with Crippen LogP contribution in [0.4, 0.5) is 5.95 Å². The van der Waals surface area contributed by atoms with Crippen LogP contribution in [0.25, 0.3) is 0 Å². The largest absolute Gasteiger partial charge is 0.469 e. The number of hydrogen-bond acceptors (Lipinski definition) is 5. The molecule has 1 N–H and O–H groups in total. The van der Waals surface area contributed by atoms with E-state index in [2.05, 4.69) is 26.9 Å². The molecule has 0 saturated heterocycles. The Hall–Kier alpha value is -1.65. The fourth-order valence-corrected chi connectivity index (χ4v) is 1.24. The maximum absolute atomic E-state index is 10.8. The van der Waals surface area contributed by atoms with E-state index in [1.165, 1.54) is 7.11 Å². The Bertz CT molecular complexity index is 325. The molecule has 0 fully saturated rings. The number of esters is 1. The van der Waals surface area contributed by atoms with E-state index in [0.29, 0.717) is 18.9 Å². The van der Waals surface area contributed by atoms with Crippen LogP contribution in [0.2, 0.25) is 0 Å². The lowest BCUT2D eigenvalue weighted by Crippen LogP contribution is -2.11. The second-order valence-electron chi connectivity index (χ2n) is 3.42. The molecule has 0 aliphatic carbocycles. The van der Waals surface area contributed by atoms with Crippen LogP contribution in [0.3, 0.4) is 0 Å². The summed E-state index contributed by atoms with van der Waals surface area (Å²) in [4.78, 5) is 19.1. The molecule has 0 amide bonds. The number of aromatic nitrogens is 2. The fourth-order valence-electron chi connectivity index (χ4n) is 1.24. The normalized spacial score (nSPS) is 9.88. The zero-order chi connectivity index (χ0) is 11.8. The molecule has 0 spiro atoms. The van der Waals surface area contributed by atoms with Crippen LogP contribution in [0, 0.1) is 0 Å². The van der Waals surface area contributed by atoms with Crippen molar-refractivity contribution in [1.29, 1.82) is 0 Å². The molecule has 1 aromatic rings. The number of nitrogens with one attached hydrogen (secondary N) is 1. The monoisotopic (exact) mass is 223 g/mol. The molecule has 0 aromatic carbocycles. The highest BCUT2D eigenvalue weighted by atomic mass is 16.5. The van der Waals surface area contributed by atoms with Gasteiger partial charge >= 0.3 is 5.97 Å². The lowest BCUT2D eigenvalue weighted by Gasteiger charge is -2.04. The molecule has 0 saturated carbocycles. The van der Waals surface area contributed by atoms with E-state index < -0.39 is 0 Å². The van der Waals surface area contributed by atoms with E-state index in [0.717, 1.165) is 18.4 Å². The van der Waals surface area contributed by atoms with Gasteiger partial charge in [-0.1, -0.05) is 13.3 Å². The number of carbonyl (C=O) groups is 1. The average molecular weight is 223 g/mol. The quantitative estimate of drug-likeness (QED) is 0.738. The van der Waals surface area contributed by atoms with Crippen LogP contribution in [0.1, 0.15) is 25.3 Å². The summed E-state index contributed by atoms with van der Waals surface area (Å²) in [6.45, 7) is 2.60. The summed E-state index contributed by atoms with van der Waals surface area (Å²) in [5, 5.41) is 2.96. The van der Waals surface area contributed by atoms with E-state index in [-0.39, 0.29) is 5.97 Å². The first-order valence-corrected chi connectivity index (χ1v) is 5.38. The predicted octanol–water partition coefficient (Wildman–Crippen LogP) is 1.40. The molecule has 0 aliphatic heterocycles. The van der Waals surface area contributed by atoms with E-state index in [4.69, 9.17) is 0 Å². The topological polar surface area (TPSA) is 64.1 Å². The molecule has 0 atom stereocenters. The number of anilines is 1. The first-order chi connectivity index (χ1) is 7.76. The van der Waals surface area contributed by atoms with Gasteiger partial charge in [-0.2, -0.15) is 0 Å². The Labute approximate surface area is 95.3 Å². The van der Waals surface area contributed by atoms with Crippen molar-refractivity contribution in [2.75, 3.05) is 19.0 Å². The van der Waals surface area contributed by atoms with Gasteiger partial charge in [-0.05, 0) is 12.0 Å². The van der Waals surface area contributed by atoms with Crippen LogP contribution < -0.4 is 5.32 Å². The minimum absolute atomic E-state index is 0.241. The second kappa shape index (κ2) is 6.76. The van der Waals surface area contributed by atoms with Crippen molar-refractivity contribution in [1.82, 2.24) is 9.97 Å². The Balaban J connectivity index is 2.34. The van der Waals surface area contributed by atoms with Gasteiger partial charge in [0.05, 0.1) is 13.5 Å². The molecule has 88 valence electrons. The summed E-state index contributed by atoms with van der Waals surface area (Å²) in [5.74, 6) is 0.304. The highest BCUT2D eigenvalue weighted by molar-refractivity contribution is 5.69. The standard InChI is InChI=1S/C11H17N3O2/c1-3-4-9-7-13-11(14-8-9)12-6-5-10(15)16-2/h7-8H,3-6H2,1-2H3,(H,12,13,14). The fraction of sp³-hybridized carbons (Fsp3) is 0.545. The van der Waals surface area contributed by atoms with Crippen LogP contribution >= 0.6 is 0 Å². The van der Waals surface area contributed by atoms with Gasteiger partial charge in [-0.15, -0.1) is 0 Å². The number of hydrogen-bond donors (Lipinski definition) is 1. The van der Waals surface area contributed by atoms with Crippen molar-refractivity contribution in [3.63, 3.8) is 0 Å². The van der Waals surface area contributed by atoms with Crippen molar-refractivity contribution < 1.29 is 9.53 Å². The highest BCUT2D eigenvalue weighted by Crippen LogP contribution is 2.02. The summed E-state index contributed by atoms with van der Waals surface area (Å²) in [7, 11) is 1.37. The zero-order valence-electron chi connectivity index (χ0n) is 9.69. The first-order valence-electron chi connectivity index (χ1n) is 5.38. The summed E-state index contributed by atoms with van der Waals surface area (Å²) >= 11 is 0. The molecule has 1 heterocycles. The summed E-state index contributed by atoms with van der Waals surface area (Å²) in [5.41, 5.74) is 1.13. The van der Waals surface area contributed by atoms with Crippen LogP contribution in [-0.2, 0) is 16.0 Å². The molecular weight excluding hydrogens is 206 g/mol. The smallest absolute Gasteiger partial charge is 0.307 e. The van der Waals surface area contributed by atoms with Gasteiger partial charge in [0.2, 0.25) is 5.95 Å². The molecule has 1 aromatic heterocycles. The molecule has 0 bridgehead atoms. The number of aryl methyl sites for hydroxylation is 1. The number of rotatable bonds is 6. The van der Waals surface area contributed by atoms with Crippen molar-refractivity contribution in [3.05, 3.63) is 18.0 Å². The number of nitrogens with zero attached hydrogens (tertiary/aromatic N) is 2. The van der Waals surface area contributed by atoms with Crippen molar-refractivity contribution in [3.8, 4) is 0 Å². The maximum Gasteiger partial charge on any atom is 0.307 e. The molecule has 1 rings (SSSR count). The zero-order valence-corrected chi connectivity index (χ0v) is 9.69. The SMILES string of the molecule is CCCc1cnc(NCCC(=O)OC)nc1. The molecule has 16 heavy (non-hydrogen) atoms. The molecule has 5 heteroatoms. The van der Waals surface area contributed by atoms with Crippen LogP contribution in [0.15, 0.2) is 12.4 Å². The van der Waals surface area contributed by atoms with E-state index in [1.54, 1.807) is 12.4 Å². The van der Waals surface area contributed by atoms with Gasteiger partial charge < -0.3 is 10.1 Å². The summed E-state index contributed by atoms with van der Waals surface area (Å²) in [6, 6.07) is 0. The highest BCUT2D eigenvalue weighted by Gasteiger charge is 2.00. The molecule has 0 unspecified atom stereocenters. The van der Waals surface area contributed by atoms with Gasteiger partial charge in [-0.3, -0.25) is 4.79 Å². The van der Waals surface area contributed by atoms with E-state index in [1.807, 2.05) is 0 Å². The average Bonchev–Trinajstić information content (AvgIpc) is 2.31. The van der Waals surface area contributed by atoms with E-state index >= 15 is 0 Å². The third-order valence-electron chi connectivity index (χ3n) is 2.08. The molecule has 0 radical (unpaired) electrons. The van der Waals surface area contributed by atoms with Crippen molar-refractivity contribution in [2.45, 2.75) is 26.2 Å². The first kappa shape index (κ1) is 12.4. The van der Waals surface area contributed by atoms with Crippen LogP contribution in [0.5, 0.6) is 0 Å². The number of methoxy groups -OCH3 is 1. The van der Waals surface area contributed by atoms with Crippen molar-refractivity contribution in [2.24, 2.45) is 0 Å². The third-order valence-corrected chi connectivity index (χ3v) is 2.08. The lowest BCUT2D eigenvalue weighted by atomic mass is 10.2. The second-order valence-corrected chi connectivity index (χ2v) is 3.42. The Morgan fingerprint density at radius 1 is 1.44 bits per heavy atom. The maximum atomic E-state index is 10.8. The van der Waals surface area contributed by atoms with Gasteiger partial charge in [-0.25, -0.2) is 9.97 Å². The molecular formula is C11H17N3O2. The van der Waals surface area contributed by atoms with Gasteiger partial charge in [0.1, 0.15) is 0 Å². The minimum Gasteiger partial charge on any atom is -0.469 e. The summed E-state index contributed by atoms with van der Waals surface area (Å²) < 4.78 is 4.52. The minimum atomic E-state index is -0.241. The number of ether oxygens (including phenoxy) is 1. The van der Waals surface area contributed by atoms with Crippen LogP contribution in [-0.4, -0.2) is 29.6 Å². The van der Waals surface area contributed by atoms with E-state index in [9.17, 15) is 4.79 Å².